The van der Waals surface area contributed by atoms with Crippen LogP contribution in [0.2, 0.25) is 0 Å². The molecule has 9 heteroatoms. The van der Waals surface area contributed by atoms with Gasteiger partial charge in [-0.1, -0.05) is 60.2 Å². The number of hydrogen-bond acceptors (Lipinski definition) is 6. The minimum atomic E-state index is -4.04. The molecule has 1 aliphatic heterocycles. The second-order valence-electron chi connectivity index (χ2n) is 11.9. The molecule has 0 N–H and O–H groups in total. The van der Waals surface area contributed by atoms with Gasteiger partial charge in [-0.3, -0.25) is 4.79 Å². The Morgan fingerprint density at radius 1 is 0.867 bits per heavy atom. The smallest absolute Gasteiger partial charge is 0.244 e. The van der Waals surface area contributed by atoms with E-state index in [4.69, 9.17) is 0 Å². The first-order chi connectivity index (χ1) is 21.3. The zero-order valence-corrected chi connectivity index (χ0v) is 27.5. The van der Waals surface area contributed by atoms with E-state index < -0.39 is 25.9 Å². The predicted molar refractivity (Wildman–Crippen MR) is 175 cm³/mol. The van der Waals surface area contributed by atoms with Gasteiger partial charge in [-0.2, -0.15) is 9.57 Å². The fourth-order valence-electron chi connectivity index (χ4n) is 6.29. The highest BCUT2D eigenvalue weighted by Gasteiger charge is 2.40. The Bertz CT molecular complexity index is 2040. The number of nitrogens with zero attached hydrogens (tertiary/aromatic N) is 2. The maximum Gasteiger partial charge on any atom is 0.244 e. The maximum atomic E-state index is 14.3. The van der Waals surface area contributed by atoms with Crippen molar-refractivity contribution in [1.29, 1.82) is 5.26 Å². The molecule has 4 aromatic rings. The highest BCUT2D eigenvalue weighted by atomic mass is 32.2. The third kappa shape index (κ3) is 6.94. The normalized spacial score (nSPS) is 15.3. The summed E-state index contributed by atoms with van der Waals surface area (Å²) in [7, 11) is -7.44. The van der Waals surface area contributed by atoms with Crippen LogP contribution in [0, 0.1) is 32.1 Å². The topological polar surface area (TPSA) is 112 Å². The summed E-state index contributed by atoms with van der Waals surface area (Å²) in [6, 6.07) is 24.6. The van der Waals surface area contributed by atoms with Crippen molar-refractivity contribution >= 4 is 25.6 Å². The van der Waals surface area contributed by atoms with Crippen LogP contribution in [0.15, 0.2) is 88.7 Å². The Kier molecular flexibility index (Phi) is 9.13. The molecule has 1 atom stereocenters. The van der Waals surface area contributed by atoms with Crippen LogP contribution in [-0.2, 0) is 44.0 Å². The molecule has 0 spiro atoms. The predicted octanol–water partition coefficient (Wildman–Crippen LogP) is 6.26. The number of Topliss-reactive ketones (excluding diaryl/α,β-unsaturated/α-hetero) is 1. The van der Waals surface area contributed by atoms with Crippen LogP contribution >= 0.6 is 0 Å². The molecular formula is C36H36N2O5S2. The molecule has 232 valence electrons. The lowest BCUT2D eigenvalue weighted by Crippen LogP contribution is -2.48. The molecule has 1 aliphatic rings. The van der Waals surface area contributed by atoms with Crippen LogP contribution in [-0.4, -0.2) is 39.2 Å². The fraction of sp³-hybridized carbons (Fsp3) is 0.278. The van der Waals surface area contributed by atoms with Crippen molar-refractivity contribution in [3.63, 3.8) is 0 Å². The van der Waals surface area contributed by atoms with Crippen molar-refractivity contribution in [2.45, 2.75) is 68.8 Å². The molecule has 1 unspecified atom stereocenters. The van der Waals surface area contributed by atoms with Gasteiger partial charge in [0.15, 0.2) is 15.6 Å². The molecule has 0 amide bonds. The first-order valence-electron chi connectivity index (χ1n) is 14.8. The highest BCUT2D eigenvalue weighted by Crippen LogP contribution is 2.35. The Hall–Kier alpha value is -4.10. The standard InChI is InChI=1S/C36H36N2O5S2/c1-24-16-25(2)36(26(3)17-24)45(42,43)38-23-31-15-14-30(29-11-7-12-33(20-29)44(4,40)41)19-32(31)21-34(38)35(39)13-6-9-27-8-5-10-28(18-27)22-37/h5,7-8,10-12,14-20,34H,6,9,13,21,23H2,1-4H3. The SMILES string of the molecule is Cc1cc(C)c(S(=O)(=O)N2Cc3ccc(-c4cccc(S(C)(=O)=O)c4)cc3CC2C(=O)CCCc2cccc(C#N)c2)c(C)c1. The zero-order valence-electron chi connectivity index (χ0n) is 25.9. The van der Waals surface area contributed by atoms with E-state index in [9.17, 15) is 26.9 Å². The summed E-state index contributed by atoms with van der Waals surface area (Å²) in [6.07, 6.45) is 2.67. The molecule has 7 nitrogen and oxygen atoms in total. The van der Waals surface area contributed by atoms with Gasteiger partial charge in [-0.05, 0) is 103 Å². The summed E-state index contributed by atoms with van der Waals surface area (Å²) in [5.41, 5.74) is 6.95. The van der Waals surface area contributed by atoms with Crippen LogP contribution in [0.3, 0.4) is 0 Å². The summed E-state index contributed by atoms with van der Waals surface area (Å²) in [5, 5.41) is 9.23. The van der Waals surface area contributed by atoms with E-state index in [2.05, 4.69) is 6.07 Å². The first kappa shape index (κ1) is 32.3. The van der Waals surface area contributed by atoms with Gasteiger partial charge < -0.3 is 0 Å². The molecule has 4 aromatic carbocycles. The lowest BCUT2D eigenvalue weighted by molar-refractivity contribution is -0.123. The van der Waals surface area contributed by atoms with Crippen molar-refractivity contribution in [1.82, 2.24) is 4.31 Å². The molecule has 1 heterocycles. The second kappa shape index (κ2) is 12.7. The highest BCUT2D eigenvalue weighted by molar-refractivity contribution is 7.90. The number of sulfonamides is 1. The number of carbonyl (C=O) groups is 1. The van der Waals surface area contributed by atoms with E-state index in [-0.39, 0.29) is 35.0 Å². The minimum Gasteiger partial charge on any atom is -0.298 e. The lowest BCUT2D eigenvalue weighted by atomic mass is 9.89. The third-order valence-electron chi connectivity index (χ3n) is 8.38. The van der Waals surface area contributed by atoms with Crippen LogP contribution in [0.4, 0.5) is 0 Å². The van der Waals surface area contributed by atoms with Crippen molar-refractivity contribution in [3.05, 3.63) is 118 Å². The van der Waals surface area contributed by atoms with E-state index >= 15 is 0 Å². The van der Waals surface area contributed by atoms with Gasteiger partial charge in [-0.15, -0.1) is 0 Å². The Balaban J connectivity index is 1.50. The van der Waals surface area contributed by atoms with Gasteiger partial charge in [-0.25, -0.2) is 16.8 Å². The maximum absolute atomic E-state index is 14.3. The van der Waals surface area contributed by atoms with Crippen molar-refractivity contribution in [3.8, 4) is 17.2 Å². The summed E-state index contributed by atoms with van der Waals surface area (Å²) < 4.78 is 54.4. The van der Waals surface area contributed by atoms with E-state index in [0.717, 1.165) is 33.4 Å². The number of fused-ring (bicyclic) bond motifs is 1. The van der Waals surface area contributed by atoms with Gasteiger partial charge in [0.2, 0.25) is 10.0 Å². The number of hydrogen-bond donors (Lipinski definition) is 0. The van der Waals surface area contributed by atoms with E-state index in [1.54, 1.807) is 44.2 Å². The Morgan fingerprint density at radius 2 is 1.56 bits per heavy atom. The van der Waals surface area contributed by atoms with Crippen LogP contribution in [0.5, 0.6) is 0 Å². The first-order valence-corrected chi connectivity index (χ1v) is 18.1. The number of ketones is 1. The number of aryl methyl sites for hydroxylation is 4. The Labute approximate surface area is 266 Å². The van der Waals surface area contributed by atoms with Crippen molar-refractivity contribution < 1.29 is 21.6 Å². The van der Waals surface area contributed by atoms with Crippen LogP contribution < -0.4 is 0 Å². The monoisotopic (exact) mass is 640 g/mol. The van der Waals surface area contributed by atoms with Crippen molar-refractivity contribution in [2.75, 3.05) is 6.26 Å². The molecule has 0 saturated heterocycles. The quantitative estimate of drug-likeness (QED) is 0.213. The van der Waals surface area contributed by atoms with Gasteiger partial charge >= 0.3 is 0 Å². The van der Waals surface area contributed by atoms with Gasteiger partial charge in [0.05, 0.1) is 27.5 Å². The largest absolute Gasteiger partial charge is 0.298 e. The molecule has 0 aromatic heterocycles. The zero-order chi connectivity index (χ0) is 32.5. The van der Waals surface area contributed by atoms with Gasteiger partial charge in [0.25, 0.3) is 0 Å². The third-order valence-corrected chi connectivity index (χ3v) is 11.6. The van der Waals surface area contributed by atoms with Crippen LogP contribution in [0.1, 0.15) is 51.8 Å². The molecular weight excluding hydrogens is 605 g/mol. The number of carbonyl (C=O) groups excluding carboxylic acids is 1. The minimum absolute atomic E-state index is 0.0503. The molecule has 45 heavy (non-hydrogen) atoms. The van der Waals surface area contributed by atoms with Crippen LogP contribution in [0.25, 0.3) is 11.1 Å². The number of sulfone groups is 1. The Morgan fingerprint density at radius 3 is 2.24 bits per heavy atom. The molecule has 0 aliphatic carbocycles. The number of nitriles is 1. The van der Waals surface area contributed by atoms with Gasteiger partial charge in [0.1, 0.15) is 0 Å². The summed E-state index contributed by atoms with van der Waals surface area (Å²) in [5.74, 6) is -0.160. The summed E-state index contributed by atoms with van der Waals surface area (Å²) in [4.78, 5) is 14.4. The average Bonchev–Trinajstić information content (AvgIpc) is 2.99. The average molecular weight is 641 g/mol. The van der Waals surface area contributed by atoms with E-state index in [1.165, 1.54) is 10.6 Å². The molecule has 0 radical (unpaired) electrons. The second-order valence-corrected chi connectivity index (χ2v) is 15.8. The molecule has 5 rings (SSSR count). The van der Waals surface area contributed by atoms with Gasteiger partial charge in [0, 0.05) is 19.2 Å². The number of benzene rings is 4. The molecule has 0 fully saturated rings. The molecule has 0 bridgehead atoms. The van der Waals surface area contributed by atoms with E-state index in [0.29, 0.717) is 29.5 Å². The number of rotatable bonds is 9. The fourth-order valence-corrected chi connectivity index (χ4v) is 8.96. The lowest BCUT2D eigenvalue weighted by Gasteiger charge is -2.36. The summed E-state index contributed by atoms with van der Waals surface area (Å²) >= 11 is 0. The summed E-state index contributed by atoms with van der Waals surface area (Å²) in [6.45, 7) is 5.55. The van der Waals surface area contributed by atoms with E-state index in [1.807, 2.05) is 55.5 Å². The molecule has 0 saturated carbocycles. The van der Waals surface area contributed by atoms with Crippen molar-refractivity contribution in [2.24, 2.45) is 0 Å².